The summed E-state index contributed by atoms with van der Waals surface area (Å²) in [5.74, 6) is 0.904. The number of carbonyl (C=O) groups excluding carboxylic acids is 1. The topological polar surface area (TPSA) is 29.5 Å². The van der Waals surface area contributed by atoms with Crippen molar-refractivity contribution in [3.63, 3.8) is 0 Å². The van der Waals surface area contributed by atoms with E-state index in [1.807, 2.05) is 47.4 Å². The number of aryl methyl sites for hydroxylation is 1. The molecule has 2 aromatic rings. The molecule has 126 valence electrons. The summed E-state index contributed by atoms with van der Waals surface area (Å²) < 4.78 is 5.72. The fourth-order valence-corrected chi connectivity index (χ4v) is 3.14. The third-order valence-electron chi connectivity index (χ3n) is 4.47. The van der Waals surface area contributed by atoms with Crippen LogP contribution in [0.1, 0.15) is 48.5 Å². The van der Waals surface area contributed by atoms with E-state index in [-0.39, 0.29) is 5.91 Å². The van der Waals surface area contributed by atoms with Crippen molar-refractivity contribution >= 4 is 11.6 Å². The smallest absolute Gasteiger partial charge is 0.258 e. The maximum atomic E-state index is 12.9. The molecule has 0 radical (unpaired) electrons. The second kappa shape index (κ2) is 8.00. The molecular formula is C21H25NO2. The van der Waals surface area contributed by atoms with Gasteiger partial charge in [0.15, 0.2) is 0 Å². The van der Waals surface area contributed by atoms with Crippen LogP contribution in [0.4, 0.5) is 5.69 Å². The van der Waals surface area contributed by atoms with Crippen LogP contribution in [0, 0.1) is 0 Å². The molecule has 3 rings (SSSR count). The number of hydrogen-bond acceptors (Lipinski definition) is 2. The number of anilines is 1. The van der Waals surface area contributed by atoms with Gasteiger partial charge in [0.05, 0.1) is 6.61 Å². The van der Waals surface area contributed by atoms with Gasteiger partial charge in [0, 0.05) is 17.8 Å². The molecule has 1 amide bonds. The van der Waals surface area contributed by atoms with E-state index in [4.69, 9.17) is 4.74 Å². The Balaban J connectivity index is 1.68. The number of ether oxygens (including phenoxy) is 1. The van der Waals surface area contributed by atoms with E-state index in [1.165, 1.54) is 18.4 Å². The zero-order valence-electron chi connectivity index (χ0n) is 14.3. The molecule has 0 fully saturated rings. The molecule has 1 aliphatic heterocycles. The minimum absolute atomic E-state index is 0.0692. The van der Waals surface area contributed by atoms with Gasteiger partial charge in [-0.1, -0.05) is 38.0 Å². The lowest BCUT2D eigenvalue weighted by atomic mass is 10.0. The molecule has 0 unspecified atom stereocenters. The Morgan fingerprint density at radius 1 is 1.08 bits per heavy atom. The number of fused-ring (bicyclic) bond motifs is 1. The van der Waals surface area contributed by atoms with E-state index in [9.17, 15) is 4.79 Å². The van der Waals surface area contributed by atoms with Crippen molar-refractivity contribution in [1.29, 1.82) is 0 Å². The average molecular weight is 323 g/mol. The summed E-state index contributed by atoms with van der Waals surface area (Å²) >= 11 is 0. The average Bonchev–Trinajstić information content (AvgIpc) is 2.65. The second-order valence-corrected chi connectivity index (χ2v) is 6.27. The summed E-state index contributed by atoms with van der Waals surface area (Å²) in [5.41, 5.74) is 3.02. The Morgan fingerprint density at radius 2 is 1.88 bits per heavy atom. The predicted molar refractivity (Wildman–Crippen MR) is 97.9 cm³/mol. The van der Waals surface area contributed by atoms with Gasteiger partial charge in [-0.15, -0.1) is 0 Å². The molecule has 0 saturated heterocycles. The molecule has 0 saturated carbocycles. The van der Waals surface area contributed by atoms with Crippen molar-refractivity contribution in [2.75, 3.05) is 18.1 Å². The number of amides is 1. The Kier molecular flexibility index (Phi) is 5.52. The van der Waals surface area contributed by atoms with Crippen LogP contribution in [0.25, 0.3) is 0 Å². The van der Waals surface area contributed by atoms with Gasteiger partial charge in [-0.25, -0.2) is 0 Å². The van der Waals surface area contributed by atoms with Gasteiger partial charge in [-0.3, -0.25) is 4.79 Å². The standard InChI is InChI=1S/C21H25NO2/c1-2-3-6-16-24-19-13-11-18(12-14-19)21(23)22-15-7-9-17-8-4-5-10-20(17)22/h4-5,8,10-14H,2-3,6-7,9,15-16H2,1H3. The van der Waals surface area contributed by atoms with Gasteiger partial charge < -0.3 is 9.64 Å². The normalized spacial score (nSPS) is 13.5. The molecule has 2 aromatic carbocycles. The maximum Gasteiger partial charge on any atom is 0.258 e. The molecule has 1 heterocycles. The van der Waals surface area contributed by atoms with Crippen LogP contribution in [-0.2, 0) is 6.42 Å². The van der Waals surface area contributed by atoms with E-state index < -0.39 is 0 Å². The first-order valence-corrected chi connectivity index (χ1v) is 8.92. The van der Waals surface area contributed by atoms with E-state index in [2.05, 4.69) is 13.0 Å². The molecule has 0 aliphatic carbocycles. The molecule has 0 spiro atoms. The lowest BCUT2D eigenvalue weighted by Gasteiger charge is -2.29. The quantitative estimate of drug-likeness (QED) is 0.711. The number of hydrogen-bond donors (Lipinski definition) is 0. The van der Waals surface area contributed by atoms with Crippen LogP contribution in [0.2, 0.25) is 0 Å². The van der Waals surface area contributed by atoms with Crippen molar-refractivity contribution in [2.24, 2.45) is 0 Å². The van der Waals surface area contributed by atoms with Gasteiger partial charge in [-0.05, 0) is 55.2 Å². The Hall–Kier alpha value is -2.29. The SMILES string of the molecule is CCCCCOc1ccc(C(=O)N2CCCc3ccccc32)cc1. The maximum absolute atomic E-state index is 12.9. The van der Waals surface area contributed by atoms with Gasteiger partial charge >= 0.3 is 0 Å². The lowest BCUT2D eigenvalue weighted by molar-refractivity contribution is 0.0985. The first-order chi connectivity index (χ1) is 11.8. The van der Waals surface area contributed by atoms with Crippen LogP contribution in [-0.4, -0.2) is 19.1 Å². The van der Waals surface area contributed by atoms with E-state index in [0.29, 0.717) is 5.56 Å². The number of nitrogens with zero attached hydrogens (tertiary/aromatic N) is 1. The van der Waals surface area contributed by atoms with Crippen molar-refractivity contribution in [2.45, 2.75) is 39.0 Å². The summed E-state index contributed by atoms with van der Waals surface area (Å²) in [5, 5.41) is 0. The first-order valence-electron chi connectivity index (χ1n) is 8.92. The molecular weight excluding hydrogens is 298 g/mol. The zero-order valence-corrected chi connectivity index (χ0v) is 14.3. The zero-order chi connectivity index (χ0) is 16.8. The minimum Gasteiger partial charge on any atom is -0.494 e. The largest absolute Gasteiger partial charge is 0.494 e. The summed E-state index contributed by atoms with van der Waals surface area (Å²) in [4.78, 5) is 14.8. The molecule has 0 aromatic heterocycles. The van der Waals surface area contributed by atoms with Crippen molar-refractivity contribution in [1.82, 2.24) is 0 Å². The molecule has 3 nitrogen and oxygen atoms in total. The molecule has 1 aliphatic rings. The molecule has 3 heteroatoms. The van der Waals surface area contributed by atoms with Gasteiger partial charge in [0.1, 0.15) is 5.75 Å². The summed E-state index contributed by atoms with van der Waals surface area (Å²) in [6, 6.07) is 15.7. The monoisotopic (exact) mass is 323 g/mol. The van der Waals surface area contributed by atoms with Crippen molar-refractivity contribution < 1.29 is 9.53 Å². The molecule has 0 bridgehead atoms. The Morgan fingerprint density at radius 3 is 2.67 bits per heavy atom. The van der Waals surface area contributed by atoms with Gasteiger partial charge in [0.2, 0.25) is 0 Å². The van der Waals surface area contributed by atoms with Crippen LogP contribution >= 0.6 is 0 Å². The predicted octanol–water partition coefficient (Wildman–Crippen LogP) is 4.85. The fourth-order valence-electron chi connectivity index (χ4n) is 3.14. The van der Waals surface area contributed by atoms with Gasteiger partial charge in [0.25, 0.3) is 5.91 Å². The minimum atomic E-state index is 0.0692. The highest BCUT2D eigenvalue weighted by Gasteiger charge is 2.23. The summed E-state index contributed by atoms with van der Waals surface area (Å²) in [7, 11) is 0. The van der Waals surface area contributed by atoms with Crippen molar-refractivity contribution in [3.05, 3.63) is 59.7 Å². The van der Waals surface area contributed by atoms with Crippen LogP contribution in [0.5, 0.6) is 5.75 Å². The number of rotatable bonds is 6. The van der Waals surface area contributed by atoms with Crippen LogP contribution in [0.3, 0.4) is 0 Å². The van der Waals surface area contributed by atoms with E-state index >= 15 is 0 Å². The highest BCUT2D eigenvalue weighted by Crippen LogP contribution is 2.28. The first kappa shape index (κ1) is 16.6. The highest BCUT2D eigenvalue weighted by molar-refractivity contribution is 6.06. The summed E-state index contributed by atoms with van der Waals surface area (Å²) in [6.45, 7) is 3.70. The van der Waals surface area contributed by atoms with Crippen LogP contribution < -0.4 is 9.64 Å². The van der Waals surface area contributed by atoms with Crippen LogP contribution in [0.15, 0.2) is 48.5 Å². The highest BCUT2D eigenvalue weighted by atomic mass is 16.5. The fraction of sp³-hybridized carbons (Fsp3) is 0.381. The molecule has 24 heavy (non-hydrogen) atoms. The lowest BCUT2D eigenvalue weighted by Crippen LogP contribution is -2.35. The molecule has 0 atom stereocenters. The third-order valence-corrected chi connectivity index (χ3v) is 4.47. The number of para-hydroxylation sites is 1. The third kappa shape index (κ3) is 3.78. The van der Waals surface area contributed by atoms with Gasteiger partial charge in [-0.2, -0.15) is 0 Å². The number of carbonyl (C=O) groups is 1. The van der Waals surface area contributed by atoms with E-state index in [0.717, 1.165) is 43.9 Å². The number of benzene rings is 2. The Bertz CT molecular complexity index is 678. The Labute approximate surface area is 144 Å². The second-order valence-electron chi connectivity index (χ2n) is 6.27. The summed E-state index contributed by atoms with van der Waals surface area (Å²) in [6.07, 6.45) is 5.51. The molecule has 0 N–H and O–H groups in total. The van der Waals surface area contributed by atoms with E-state index in [1.54, 1.807) is 0 Å². The van der Waals surface area contributed by atoms with Crippen molar-refractivity contribution in [3.8, 4) is 5.75 Å². The number of unbranched alkanes of at least 4 members (excludes halogenated alkanes) is 2.